The van der Waals surface area contributed by atoms with Crippen LogP contribution in [0.1, 0.15) is 16.7 Å². The van der Waals surface area contributed by atoms with Crippen molar-refractivity contribution in [3.8, 4) is 11.5 Å². The highest BCUT2D eigenvalue weighted by molar-refractivity contribution is 5.77. The zero-order chi connectivity index (χ0) is 12.7. The SMILES string of the molecule is Cc1ccc(-c2nc3cc(C)ccc3o2)c(C)c1. The Morgan fingerprint density at radius 1 is 0.889 bits per heavy atom. The van der Waals surface area contributed by atoms with E-state index in [9.17, 15) is 0 Å². The molecule has 0 bridgehead atoms. The van der Waals surface area contributed by atoms with Gasteiger partial charge in [0.05, 0.1) is 0 Å². The molecule has 2 heteroatoms. The van der Waals surface area contributed by atoms with Crippen LogP contribution in [-0.2, 0) is 0 Å². The first kappa shape index (κ1) is 11.0. The molecule has 0 saturated carbocycles. The van der Waals surface area contributed by atoms with Crippen molar-refractivity contribution in [2.45, 2.75) is 20.8 Å². The van der Waals surface area contributed by atoms with E-state index >= 15 is 0 Å². The van der Waals surface area contributed by atoms with Crippen LogP contribution in [0.15, 0.2) is 40.8 Å². The summed E-state index contributed by atoms with van der Waals surface area (Å²) in [4.78, 5) is 4.57. The molecule has 2 nitrogen and oxygen atoms in total. The maximum absolute atomic E-state index is 5.82. The summed E-state index contributed by atoms with van der Waals surface area (Å²) in [5, 5.41) is 0. The van der Waals surface area contributed by atoms with Crippen molar-refractivity contribution >= 4 is 11.1 Å². The molecular formula is C16H15NO. The molecular weight excluding hydrogens is 222 g/mol. The van der Waals surface area contributed by atoms with Crippen LogP contribution in [0.4, 0.5) is 0 Å². The molecule has 1 aromatic heterocycles. The molecule has 90 valence electrons. The second kappa shape index (κ2) is 3.98. The third-order valence-corrected chi connectivity index (χ3v) is 3.16. The average molecular weight is 237 g/mol. The Hall–Kier alpha value is -2.09. The van der Waals surface area contributed by atoms with E-state index in [-0.39, 0.29) is 0 Å². The second-order valence-corrected chi connectivity index (χ2v) is 4.81. The molecule has 0 aliphatic heterocycles. The Kier molecular flexibility index (Phi) is 2.44. The van der Waals surface area contributed by atoms with E-state index in [1.807, 2.05) is 18.2 Å². The zero-order valence-corrected chi connectivity index (χ0v) is 10.8. The standard InChI is InChI=1S/C16H15NO/c1-10-4-6-13(12(3)8-10)16-17-14-9-11(2)5-7-15(14)18-16/h4-9H,1-3H3. The van der Waals surface area contributed by atoms with Crippen molar-refractivity contribution in [3.05, 3.63) is 53.1 Å². The van der Waals surface area contributed by atoms with Crippen LogP contribution in [0.3, 0.4) is 0 Å². The second-order valence-electron chi connectivity index (χ2n) is 4.81. The smallest absolute Gasteiger partial charge is 0.227 e. The molecule has 0 saturated heterocycles. The summed E-state index contributed by atoms with van der Waals surface area (Å²) in [5.74, 6) is 0.702. The van der Waals surface area contributed by atoms with Crippen molar-refractivity contribution in [1.29, 1.82) is 0 Å². The number of rotatable bonds is 1. The Morgan fingerprint density at radius 2 is 1.61 bits per heavy atom. The molecule has 3 aromatic rings. The van der Waals surface area contributed by atoms with Crippen LogP contribution in [-0.4, -0.2) is 4.98 Å². The monoisotopic (exact) mass is 237 g/mol. The fourth-order valence-electron chi connectivity index (χ4n) is 2.21. The molecule has 1 heterocycles. The van der Waals surface area contributed by atoms with Crippen molar-refractivity contribution in [3.63, 3.8) is 0 Å². The highest BCUT2D eigenvalue weighted by Gasteiger charge is 2.10. The molecule has 2 aromatic carbocycles. The average Bonchev–Trinajstić information content (AvgIpc) is 2.71. The number of hydrogen-bond donors (Lipinski definition) is 0. The third-order valence-electron chi connectivity index (χ3n) is 3.16. The van der Waals surface area contributed by atoms with Crippen molar-refractivity contribution in [1.82, 2.24) is 4.98 Å². The van der Waals surface area contributed by atoms with Crippen LogP contribution in [0.5, 0.6) is 0 Å². The van der Waals surface area contributed by atoms with E-state index in [4.69, 9.17) is 4.42 Å². The number of fused-ring (bicyclic) bond motifs is 1. The zero-order valence-electron chi connectivity index (χ0n) is 10.8. The number of benzene rings is 2. The molecule has 0 spiro atoms. The van der Waals surface area contributed by atoms with Gasteiger partial charge >= 0.3 is 0 Å². The van der Waals surface area contributed by atoms with Crippen LogP contribution in [0.25, 0.3) is 22.6 Å². The highest BCUT2D eigenvalue weighted by Crippen LogP contribution is 2.27. The number of oxazole rings is 1. The van der Waals surface area contributed by atoms with Crippen molar-refractivity contribution in [2.75, 3.05) is 0 Å². The van der Waals surface area contributed by atoms with Gasteiger partial charge in [-0.1, -0.05) is 23.8 Å². The first-order valence-electron chi connectivity index (χ1n) is 6.08. The normalized spacial score (nSPS) is 11.1. The molecule has 0 aliphatic carbocycles. The maximum atomic E-state index is 5.82. The molecule has 0 N–H and O–H groups in total. The molecule has 0 radical (unpaired) electrons. The molecule has 3 rings (SSSR count). The predicted molar refractivity (Wildman–Crippen MR) is 73.7 cm³/mol. The summed E-state index contributed by atoms with van der Waals surface area (Å²) in [6.45, 7) is 6.24. The van der Waals surface area contributed by atoms with Crippen LogP contribution in [0, 0.1) is 20.8 Å². The quantitative estimate of drug-likeness (QED) is 0.626. The Bertz CT molecular complexity index is 725. The van der Waals surface area contributed by atoms with Crippen LogP contribution >= 0.6 is 0 Å². The Labute approximate surface area is 106 Å². The van der Waals surface area contributed by atoms with Gasteiger partial charge in [-0.15, -0.1) is 0 Å². The summed E-state index contributed by atoms with van der Waals surface area (Å²) in [5.41, 5.74) is 6.47. The minimum absolute atomic E-state index is 0.702. The summed E-state index contributed by atoms with van der Waals surface area (Å²) in [7, 11) is 0. The predicted octanol–water partition coefficient (Wildman–Crippen LogP) is 4.42. The number of hydrogen-bond acceptors (Lipinski definition) is 2. The van der Waals surface area contributed by atoms with Crippen LogP contribution < -0.4 is 0 Å². The first-order chi connectivity index (χ1) is 8.63. The van der Waals surface area contributed by atoms with Gasteiger partial charge in [-0.05, 0) is 50.1 Å². The lowest BCUT2D eigenvalue weighted by Gasteiger charge is -2.01. The highest BCUT2D eigenvalue weighted by atomic mass is 16.3. The van der Waals surface area contributed by atoms with Gasteiger partial charge in [0, 0.05) is 5.56 Å². The first-order valence-corrected chi connectivity index (χ1v) is 6.08. The Morgan fingerprint density at radius 3 is 2.39 bits per heavy atom. The molecule has 0 atom stereocenters. The van der Waals surface area contributed by atoms with Crippen molar-refractivity contribution in [2.24, 2.45) is 0 Å². The largest absolute Gasteiger partial charge is 0.436 e. The fourth-order valence-corrected chi connectivity index (χ4v) is 2.21. The van der Waals surface area contributed by atoms with Gasteiger partial charge in [0.25, 0.3) is 0 Å². The molecule has 0 amide bonds. The van der Waals surface area contributed by atoms with Gasteiger partial charge in [0.2, 0.25) is 5.89 Å². The summed E-state index contributed by atoms with van der Waals surface area (Å²) in [6, 6.07) is 12.4. The molecule has 0 unspecified atom stereocenters. The lowest BCUT2D eigenvalue weighted by molar-refractivity contribution is 0.619. The fraction of sp³-hybridized carbons (Fsp3) is 0.188. The number of aryl methyl sites for hydroxylation is 3. The van der Waals surface area contributed by atoms with Gasteiger partial charge in [-0.3, -0.25) is 0 Å². The number of aromatic nitrogens is 1. The van der Waals surface area contributed by atoms with E-state index < -0.39 is 0 Å². The van der Waals surface area contributed by atoms with E-state index in [0.717, 1.165) is 16.7 Å². The summed E-state index contributed by atoms with van der Waals surface area (Å²) in [6.07, 6.45) is 0. The maximum Gasteiger partial charge on any atom is 0.227 e. The summed E-state index contributed by atoms with van der Waals surface area (Å²) < 4.78 is 5.82. The van der Waals surface area contributed by atoms with Gasteiger partial charge < -0.3 is 4.42 Å². The van der Waals surface area contributed by atoms with E-state index in [1.54, 1.807) is 0 Å². The minimum Gasteiger partial charge on any atom is -0.436 e. The van der Waals surface area contributed by atoms with E-state index in [0.29, 0.717) is 5.89 Å². The lowest BCUT2D eigenvalue weighted by atomic mass is 10.1. The topological polar surface area (TPSA) is 26.0 Å². The summed E-state index contributed by atoms with van der Waals surface area (Å²) >= 11 is 0. The van der Waals surface area contributed by atoms with Gasteiger partial charge in [0.15, 0.2) is 5.58 Å². The van der Waals surface area contributed by atoms with E-state index in [2.05, 4.69) is 44.0 Å². The number of nitrogens with zero attached hydrogens (tertiary/aromatic N) is 1. The van der Waals surface area contributed by atoms with Gasteiger partial charge in [-0.25, -0.2) is 4.98 Å². The van der Waals surface area contributed by atoms with Crippen LogP contribution in [0.2, 0.25) is 0 Å². The molecule has 18 heavy (non-hydrogen) atoms. The van der Waals surface area contributed by atoms with Gasteiger partial charge in [0.1, 0.15) is 5.52 Å². The Balaban J connectivity index is 2.19. The minimum atomic E-state index is 0.702. The van der Waals surface area contributed by atoms with Crippen molar-refractivity contribution < 1.29 is 4.42 Å². The third kappa shape index (κ3) is 1.80. The molecule has 0 aliphatic rings. The van der Waals surface area contributed by atoms with Gasteiger partial charge in [-0.2, -0.15) is 0 Å². The lowest BCUT2D eigenvalue weighted by Crippen LogP contribution is -1.84. The molecule has 0 fully saturated rings. The van der Waals surface area contributed by atoms with E-state index in [1.165, 1.54) is 16.7 Å².